The van der Waals surface area contributed by atoms with E-state index in [0.717, 1.165) is 17.9 Å². The fourth-order valence-electron chi connectivity index (χ4n) is 0.803. The summed E-state index contributed by atoms with van der Waals surface area (Å²) in [4.78, 5) is 9.58. The lowest BCUT2D eigenvalue weighted by Crippen LogP contribution is -2.56. The van der Waals surface area contributed by atoms with Gasteiger partial charge < -0.3 is 5.73 Å². The molecular weight excluding hydrogens is 176 g/mol. The quantitative estimate of drug-likeness (QED) is 0.558. The molecule has 5 nitrogen and oxygen atoms in total. The normalized spacial score (nSPS) is 28.0. The zero-order valence-electron chi connectivity index (χ0n) is 6.83. The van der Waals surface area contributed by atoms with Crippen molar-refractivity contribution in [3.8, 4) is 0 Å². The van der Waals surface area contributed by atoms with Crippen molar-refractivity contribution in [1.82, 2.24) is 5.43 Å². The van der Waals surface area contributed by atoms with Crippen molar-refractivity contribution < 1.29 is 4.79 Å². The van der Waals surface area contributed by atoms with Crippen LogP contribution in [0.4, 0.5) is 0 Å². The Hall–Kier alpha value is -0.750. The largest absolute Gasteiger partial charge is 0.366 e. The standard InChI is InChI=1S/C6H12N4OS/c1-2-3-4-9-10-6(8,12-4)5(7)11/h10H,2-3,8H2,1H3,(H2,7,11). The Morgan fingerprint density at radius 1 is 1.83 bits per heavy atom. The number of primary amides is 1. The van der Waals surface area contributed by atoms with Crippen LogP contribution in [0, 0.1) is 0 Å². The maximum Gasteiger partial charge on any atom is 0.270 e. The minimum absolute atomic E-state index is 0.595. The summed E-state index contributed by atoms with van der Waals surface area (Å²) in [5, 5.41) is 4.74. The number of rotatable bonds is 3. The van der Waals surface area contributed by atoms with E-state index < -0.39 is 10.9 Å². The number of thioether (sulfide) groups is 1. The fourth-order valence-corrected chi connectivity index (χ4v) is 1.76. The molecule has 0 saturated carbocycles. The predicted molar refractivity (Wildman–Crippen MR) is 49.2 cm³/mol. The molecule has 0 radical (unpaired) electrons. The second-order valence-electron chi connectivity index (χ2n) is 2.57. The molecule has 0 aliphatic carbocycles. The molecule has 0 aromatic heterocycles. The van der Waals surface area contributed by atoms with Gasteiger partial charge in [0.25, 0.3) is 5.91 Å². The molecule has 68 valence electrons. The number of amides is 1. The minimum Gasteiger partial charge on any atom is -0.366 e. The van der Waals surface area contributed by atoms with Crippen LogP contribution in [0.15, 0.2) is 5.10 Å². The monoisotopic (exact) mass is 188 g/mol. The summed E-state index contributed by atoms with van der Waals surface area (Å²) in [5.41, 5.74) is 13.2. The van der Waals surface area contributed by atoms with Crippen LogP contribution in [0.25, 0.3) is 0 Å². The van der Waals surface area contributed by atoms with E-state index in [1.54, 1.807) is 0 Å². The number of nitrogens with two attached hydrogens (primary N) is 2. The molecule has 0 fully saturated rings. The number of hydrogen-bond acceptors (Lipinski definition) is 5. The number of hydrazone groups is 1. The van der Waals surface area contributed by atoms with Crippen molar-refractivity contribution in [3.05, 3.63) is 0 Å². The van der Waals surface area contributed by atoms with Crippen LogP contribution in [-0.2, 0) is 4.79 Å². The molecule has 1 aliphatic rings. The molecule has 5 N–H and O–H groups in total. The minimum atomic E-state index is -1.23. The van der Waals surface area contributed by atoms with Crippen LogP contribution < -0.4 is 16.9 Å². The second-order valence-corrected chi connectivity index (χ2v) is 3.89. The van der Waals surface area contributed by atoms with Crippen LogP contribution in [0.2, 0.25) is 0 Å². The van der Waals surface area contributed by atoms with Crippen molar-refractivity contribution in [2.75, 3.05) is 0 Å². The first-order valence-electron chi connectivity index (χ1n) is 3.70. The lowest BCUT2D eigenvalue weighted by Gasteiger charge is -2.17. The Labute approximate surface area is 74.9 Å². The van der Waals surface area contributed by atoms with Crippen molar-refractivity contribution in [2.24, 2.45) is 16.6 Å². The van der Waals surface area contributed by atoms with Gasteiger partial charge in [-0.05, 0) is 12.8 Å². The van der Waals surface area contributed by atoms with E-state index in [1.807, 2.05) is 6.92 Å². The zero-order valence-corrected chi connectivity index (χ0v) is 7.65. The summed E-state index contributed by atoms with van der Waals surface area (Å²) in [5.74, 6) is -0.595. The van der Waals surface area contributed by atoms with Crippen LogP contribution >= 0.6 is 11.8 Å². The van der Waals surface area contributed by atoms with Crippen molar-refractivity contribution in [1.29, 1.82) is 0 Å². The van der Waals surface area contributed by atoms with Gasteiger partial charge in [-0.1, -0.05) is 18.7 Å². The Morgan fingerprint density at radius 3 is 2.92 bits per heavy atom. The third kappa shape index (κ3) is 1.70. The smallest absolute Gasteiger partial charge is 0.270 e. The Kier molecular flexibility index (Phi) is 2.58. The van der Waals surface area contributed by atoms with Crippen molar-refractivity contribution in [3.63, 3.8) is 0 Å². The van der Waals surface area contributed by atoms with E-state index in [-0.39, 0.29) is 0 Å². The summed E-state index contributed by atoms with van der Waals surface area (Å²) >= 11 is 1.19. The molecule has 1 amide bonds. The molecule has 1 rings (SSSR count). The first kappa shape index (κ1) is 9.34. The Bertz CT molecular complexity index is 230. The maximum absolute atomic E-state index is 10.8. The number of nitrogens with one attached hydrogen (secondary N) is 1. The van der Waals surface area contributed by atoms with E-state index >= 15 is 0 Å². The molecule has 0 saturated heterocycles. The average molecular weight is 188 g/mol. The van der Waals surface area contributed by atoms with Gasteiger partial charge in [0, 0.05) is 0 Å². The van der Waals surface area contributed by atoms with Gasteiger partial charge in [0.1, 0.15) is 0 Å². The first-order chi connectivity index (χ1) is 5.58. The van der Waals surface area contributed by atoms with E-state index in [1.165, 1.54) is 11.8 Å². The third-order valence-corrected chi connectivity index (χ3v) is 2.60. The number of carbonyl (C=O) groups is 1. The van der Waals surface area contributed by atoms with Crippen LogP contribution in [0.3, 0.4) is 0 Å². The molecule has 1 unspecified atom stereocenters. The molecule has 12 heavy (non-hydrogen) atoms. The average Bonchev–Trinajstić information content (AvgIpc) is 2.34. The van der Waals surface area contributed by atoms with Gasteiger partial charge in [-0.3, -0.25) is 16.0 Å². The summed E-state index contributed by atoms with van der Waals surface area (Å²) in [6.45, 7) is 2.03. The van der Waals surface area contributed by atoms with Gasteiger partial charge in [-0.2, -0.15) is 5.10 Å². The van der Waals surface area contributed by atoms with Crippen LogP contribution in [-0.4, -0.2) is 15.9 Å². The molecule has 1 atom stereocenters. The summed E-state index contributed by atoms with van der Waals surface area (Å²) in [6.07, 6.45) is 1.80. The summed E-state index contributed by atoms with van der Waals surface area (Å²) < 4.78 is 0. The molecule has 0 spiro atoms. The molecule has 0 bridgehead atoms. The Balaban J connectivity index is 2.55. The molecule has 0 aromatic carbocycles. The zero-order chi connectivity index (χ0) is 9.19. The van der Waals surface area contributed by atoms with Crippen molar-refractivity contribution >= 4 is 22.7 Å². The van der Waals surface area contributed by atoms with E-state index in [9.17, 15) is 4.79 Å². The van der Waals surface area contributed by atoms with Gasteiger partial charge in [0.2, 0.25) is 4.99 Å². The fraction of sp³-hybridized carbons (Fsp3) is 0.667. The van der Waals surface area contributed by atoms with E-state index in [2.05, 4.69) is 10.5 Å². The molecule has 6 heteroatoms. The third-order valence-electron chi connectivity index (χ3n) is 1.46. The van der Waals surface area contributed by atoms with Gasteiger partial charge in [0.05, 0.1) is 5.04 Å². The topological polar surface area (TPSA) is 93.5 Å². The molecule has 1 aliphatic heterocycles. The van der Waals surface area contributed by atoms with Gasteiger partial charge in [-0.15, -0.1) is 0 Å². The molecule has 0 aromatic rings. The van der Waals surface area contributed by atoms with Gasteiger partial charge in [0.15, 0.2) is 0 Å². The highest BCUT2D eigenvalue weighted by Gasteiger charge is 2.38. The Morgan fingerprint density at radius 2 is 2.50 bits per heavy atom. The number of nitrogens with zero attached hydrogens (tertiary/aromatic N) is 1. The summed E-state index contributed by atoms with van der Waals surface area (Å²) in [7, 11) is 0. The van der Waals surface area contributed by atoms with Gasteiger partial charge in [-0.25, -0.2) is 0 Å². The highest BCUT2D eigenvalue weighted by molar-refractivity contribution is 8.15. The number of carbonyl (C=O) groups excluding carboxylic acids is 1. The van der Waals surface area contributed by atoms with E-state index in [4.69, 9.17) is 11.5 Å². The van der Waals surface area contributed by atoms with Crippen molar-refractivity contribution in [2.45, 2.75) is 24.8 Å². The lowest BCUT2D eigenvalue weighted by molar-refractivity contribution is -0.120. The van der Waals surface area contributed by atoms with E-state index in [0.29, 0.717) is 0 Å². The maximum atomic E-state index is 10.8. The highest BCUT2D eigenvalue weighted by Crippen LogP contribution is 2.25. The highest BCUT2D eigenvalue weighted by atomic mass is 32.2. The molecular formula is C6H12N4OS. The summed E-state index contributed by atoms with van der Waals surface area (Å²) in [6, 6.07) is 0. The first-order valence-corrected chi connectivity index (χ1v) is 4.51. The predicted octanol–water partition coefficient (Wildman–Crippen LogP) is -0.466. The number of hydrogen-bond donors (Lipinski definition) is 3. The van der Waals surface area contributed by atoms with Gasteiger partial charge >= 0.3 is 0 Å². The van der Waals surface area contributed by atoms with Crippen LogP contribution in [0.1, 0.15) is 19.8 Å². The lowest BCUT2D eigenvalue weighted by atomic mass is 10.4. The van der Waals surface area contributed by atoms with Crippen LogP contribution in [0.5, 0.6) is 0 Å². The SMILES string of the molecule is CCCC1=NNC(N)(C(N)=O)S1. The second kappa shape index (κ2) is 3.32. The molecule has 1 heterocycles.